The van der Waals surface area contributed by atoms with Crippen LogP contribution in [0.15, 0.2) is 58.9 Å². The number of hydrogen-bond acceptors (Lipinski definition) is 7. The highest BCUT2D eigenvalue weighted by Crippen LogP contribution is 2.25. The van der Waals surface area contributed by atoms with E-state index in [1.165, 1.54) is 12.5 Å². The van der Waals surface area contributed by atoms with Crippen molar-refractivity contribution in [3.05, 3.63) is 65.7 Å². The Morgan fingerprint density at radius 1 is 0.879 bits per heavy atom. The monoisotopic (exact) mass is 485 g/mol. The normalized spacial score (nSPS) is 14.4. The van der Waals surface area contributed by atoms with Gasteiger partial charge in [0.05, 0.1) is 11.3 Å². The standard InChI is InChI=1S/C22H23N5O4S2/c28-19(15-9-3-1-4-10-15)24-21-25-26-22(32-21)33(30,31)27-18-14-8-7-13-17(18)20(29)23-16-11-5-2-6-12-16/h1,3-4,7-10,13-14,16,27H,2,5-6,11-12H2,(H,23,29)(H,24,25,28). The molecule has 4 rings (SSSR count). The van der Waals surface area contributed by atoms with Crippen LogP contribution in [0.5, 0.6) is 0 Å². The van der Waals surface area contributed by atoms with Gasteiger partial charge in [-0.05, 0) is 37.1 Å². The van der Waals surface area contributed by atoms with Crippen molar-refractivity contribution in [1.29, 1.82) is 0 Å². The summed E-state index contributed by atoms with van der Waals surface area (Å²) in [5.74, 6) is -0.748. The van der Waals surface area contributed by atoms with Gasteiger partial charge < -0.3 is 5.32 Å². The number of rotatable bonds is 7. The third kappa shape index (κ3) is 5.74. The number of hydrogen-bond donors (Lipinski definition) is 3. The summed E-state index contributed by atoms with van der Waals surface area (Å²) in [6, 6.07) is 15.0. The summed E-state index contributed by atoms with van der Waals surface area (Å²) in [5.41, 5.74) is 0.790. The van der Waals surface area contributed by atoms with Crippen LogP contribution in [0.3, 0.4) is 0 Å². The van der Waals surface area contributed by atoms with Crippen LogP contribution in [0.4, 0.5) is 10.8 Å². The van der Waals surface area contributed by atoms with Crippen LogP contribution in [0.25, 0.3) is 0 Å². The molecule has 0 radical (unpaired) electrons. The van der Waals surface area contributed by atoms with Crippen molar-refractivity contribution in [2.45, 2.75) is 42.5 Å². The van der Waals surface area contributed by atoms with E-state index < -0.39 is 15.9 Å². The van der Waals surface area contributed by atoms with Crippen molar-refractivity contribution >= 4 is 44.0 Å². The number of amides is 2. The van der Waals surface area contributed by atoms with Crippen LogP contribution >= 0.6 is 11.3 Å². The van der Waals surface area contributed by atoms with Gasteiger partial charge in [-0.1, -0.05) is 60.9 Å². The molecule has 0 aliphatic heterocycles. The molecule has 2 aromatic carbocycles. The van der Waals surface area contributed by atoms with E-state index in [-0.39, 0.29) is 32.7 Å². The van der Waals surface area contributed by atoms with Crippen molar-refractivity contribution in [1.82, 2.24) is 15.5 Å². The number of carbonyl (C=O) groups excluding carboxylic acids is 2. The Kier molecular flexibility index (Phi) is 6.99. The fraction of sp³-hybridized carbons (Fsp3) is 0.273. The van der Waals surface area contributed by atoms with Crippen LogP contribution in [-0.2, 0) is 10.0 Å². The van der Waals surface area contributed by atoms with Gasteiger partial charge in [-0.3, -0.25) is 19.6 Å². The Bertz CT molecular complexity index is 1240. The summed E-state index contributed by atoms with van der Waals surface area (Å²) in [7, 11) is -4.12. The van der Waals surface area contributed by atoms with E-state index in [0.29, 0.717) is 5.56 Å². The SMILES string of the molecule is O=C(Nc1nnc(S(=O)(=O)Nc2ccccc2C(=O)NC2CCCCC2)s1)c1ccccc1. The molecule has 11 heteroatoms. The molecule has 1 aliphatic rings. The first-order valence-electron chi connectivity index (χ1n) is 10.5. The number of para-hydroxylation sites is 1. The molecule has 2 amide bonds. The van der Waals surface area contributed by atoms with Gasteiger partial charge in [0.25, 0.3) is 26.2 Å². The lowest BCUT2D eigenvalue weighted by Crippen LogP contribution is -2.36. The van der Waals surface area contributed by atoms with Crippen LogP contribution < -0.4 is 15.4 Å². The molecular weight excluding hydrogens is 462 g/mol. The predicted molar refractivity (Wildman–Crippen MR) is 126 cm³/mol. The second-order valence-corrected chi connectivity index (χ2v) is 10.5. The molecule has 9 nitrogen and oxygen atoms in total. The Balaban J connectivity index is 1.47. The molecule has 172 valence electrons. The Morgan fingerprint density at radius 2 is 1.58 bits per heavy atom. The summed E-state index contributed by atoms with van der Waals surface area (Å²) in [4.78, 5) is 25.1. The topological polar surface area (TPSA) is 130 Å². The highest BCUT2D eigenvalue weighted by Gasteiger charge is 2.24. The van der Waals surface area contributed by atoms with Crippen LogP contribution in [0, 0.1) is 0 Å². The van der Waals surface area contributed by atoms with E-state index in [1.807, 2.05) is 0 Å². The smallest absolute Gasteiger partial charge is 0.291 e. The van der Waals surface area contributed by atoms with Crippen molar-refractivity contribution in [3.8, 4) is 0 Å². The van der Waals surface area contributed by atoms with E-state index in [1.54, 1.807) is 48.5 Å². The van der Waals surface area contributed by atoms with Crippen molar-refractivity contribution in [2.75, 3.05) is 10.0 Å². The lowest BCUT2D eigenvalue weighted by molar-refractivity contribution is 0.0928. The van der Waals surface area contributed by atoms with E-state index in [4.69, 9.17) is 0 Å². The first-order chi connectivity index (χ1) is 15.9. The van der Waals surface area contributed by atoms with Gasteiger partial charge in [0.1, 0.15) is 0 Å². The molecule has 3 aromatic rings. The highest BCUT2D eigenvalue weighted by molar-refractivity contribution is 7.94. The molecule has 0 spiro atoms. The molecule has 1 saturated carbocycles. The maximum atomic E-state index is 12.9. The van der Waals surface area contributed by atoms with Gasteiger partial charge in [0.2, 0.25) is 5.13 Å². The average Bonchev–Trinajstić information content (AvgIpc) is 3.30. The predicted octanol–water partition coefficient (Wildman–Crippen LogP) is 3.65. The molecule has 1 heterocycles. The van der Waals surface area contributed by atoms with Gasteiger partial charge in [-0.2, -0.15) is 8.42 Å². The fourth-order valence-corrected chi connectivity index (χ4v) is 5.57. The zero-order valence-electron chi connectivity index (χ0n) is 17.7. The van der Waals surface area contributed by atoms with Gasteiger partial charge >= 0.3 is 0 Å². The molecule has 1 fully saturated rings. The van der Waals surface area contributed by atoms with Crippen LogP contribution in [0.1, 0.15) is 52.8 Å². The van der Waals surface area contributed by atoms with E-state index in [9.17, 15) is 18.0 Å². The largest absolute Gasteiger partial charge is 0.349 e. The van der Waals surface area contributed by atoms with E-state index in [2.05, 4.69) is 25.6 Å². The zero-order valence-corrected chi connectivity index (χ0v) is 19.3. The molecule has 0 bridgehead atoms. The quantitative estimate of drug-likeness (QED) is 0.438. The fourth-order valence-electron chi connectivity index (χ4n) is 3.60. The summed E-state index contributed by atoms with van der Waals surface area (Å²) in [6.45, 7) is 0. The number of nitrogens with one attached hydrogen (secondary N) is 3. The first kappa shape index (κ1) is 22.9. The minimum atomic E-state index is -4.12. The number of carbonyl (C=O) groups is 2. The van der Waals surface area contributed by atoms with Gasteiger partial charge in [-0.25, -0.2) is 0 Å². The Hall–Kier alpha value is -3.31. The molecule has 0 unspecified atom stereocenters. The number of sulfonamides is 1. The lowest BCUT2D eigenvalue weighted by atomic mass is 9.95. The van der Waals surface area contributed by atoms with E-state index >= 15 is 0 Å². The van der Waals surface area contributed by atoms with Crippen molar-refractivity contribution in [2.24, 2.45) is 0 Å². The Morgan fingerprint density at radius 3 is 2.33 bits per heavy atom. The highest BCUT2D eigenvalue weighted by atomic mass is 32.2. The minimum Gasteiger partial charge on any atom is -0.349 e. The number of nitrogens with zero attached hydrogens (tertiary/aromatic N) is 2. The zero-order chi connectivity index (χ0) is 23.3. The maximum absolute atomic E-state index is 12.9. The molecule has 1 aliphatic carbocycles. The average molecular weight is 486 g/mol. The van der Waals surface area contributed by atoms with Gasteiger partial charge in [0, 0.05) is 11.6 Å². The van der Waals surface area contributed by atoms with E-state index in [0.717, 1.165) is 37.0 Å². The van der Waals surface area contributed by atoms with Crippen molar-refractivity contribution in [3.63, 3.8) is 0 Å². The second-order valence-electron chi connectivity index (χ2n) is 7.65. The van der Waals surface area contributed by atoms with Crippen LogP contribution in [0.2, 0.25) is 0 Å². The number of anilines is 2. The summed E-state index contributed by atoms with van der Waals surface area (Å²) in [5, 5.41) is 13.0. The number of benzene rings is 2. The van der Waals surface area contributed by atoms with Crippen molar-refractivity contribution < 1.29 is 18.0 Å². The first-order valence-corrected chi connectivity index (χ1v) is 12.8. The number of aromatic nitrogens is 2. The molecule has 0 saturated heterocycles. The maximum Gasteiger partial charge on any atom is 0.291 e. The summed E-state index contributed by atoms with van der Waals surface area (Å²) >= 11 is 0.720. The lowest BCUT2D eigenvalue weighted by Gasteiger charge is -2.23. The van der Waals surface area contributed by atoms with Gasteiger partial charge in [-0.15, -0.1) is 10.2 Å². The Labute approximate surface area is 195 Å². The van der Waals surface area contributed by atoms with Crippen LogP contribution in [-0.4, -0.2) is 36.5 Å². The second kappa shape index (κ2) is 10.1. The molecule has 3 N–H and O–H groups in total. The summed E-state index contributed by atoms with van der Waals surface area (Å²) in [6.07, 6.45) is 5.14. The summed E-state index contributed by atoms with van der Waals surface area (Å²) < 4.78 is 27.9. The minimum absolute atomic E-state index is 0.0487. The molecule has 1 aromatic heterocycles. The third-order valence-corrected chi connectivity index (χ3v) is 7.82. The van der Waals surface area contributed by atoms with Gasteiger partial charge in [0.15, 0.2) is 0 Å². The molecular formula is C22H23N5O4S2. The third-order valence-electron chi connectivity index (χ3n) is 5.25. The molecule has 33 heavy (non-hydrogen) atoms. The molecule has 0 atom stereocenters.